The Hall–Kier alpha value is -0.0800. The number of aliphatic hydroxyl groups excluding tert-OH is 1. The van der Waals surface area contributed by atoms with Crippen LogP contribution in [0.4, 0.5) is 0 Å². The van der Waals surface area contributed by atoms with Gasteiger partial charge in [-0.25, -0.2) is 0 Å². The van der Waals surface area contributed by atoms with Gasteiger partial charge in [0, 0.05) is 12.1 Å². The van der Waals surface area contributed by atoms with Crippen molar-refractivity contribution in [1.29, 1.82) is 0 Å². The molecule has 2 nitrogen and oxygen atoms in total. The minimum Gasteiger partial charge on any atom is -0.395 e. The van der Waals surface area contributed by atoms with Crippen LogP contribution in [0.3, 0.4) is 0 Å². The Labute approximate surface area is 81.7 Å². The summed E-state index contributed by atoms with van der Waals surface area (Å²) in [5, 5.41) is 12.4. The Bertz CT molecular complexity index is 149. The molecule has 0 radical (unpaired) electrons. The third-order valence-electron chi connectivity index (χ3n) is 3.20. The molecule has 4 atom stereocenters. The van der Waals surface area contributed by atoms with Gasteiger partial charge < -0.3 is 10.4 Å². The molecule has 0 aromatic carbocycles. The second-order valence-electron chi connectivity index (χ2n) is 4.75. The van der Waals surface area contributed by atoms with Crippen molar-refractivity contribution < 1.29 is 5.11 Å². The molecule has 0 amide bonds. The van der Waals surface area contributed by atoms with Crippen molar-refractivity contribution in [1.82, 2.24) is 5.32 Å². The maximum Gasteiger partial charge on any atom is 0.0582 e. The zero-order chi connectivity index (χ0) is 9.84. The van der Waals surface area contributed by atoms with Crippen LogP contribution >= 0.6 is 0 Å². The average Bonchev–Trinajstić information content (AvgIpc) is 2.09. The minimum absolute atomic E-state index is 0.249. The van der Waals surface area contributed by atoms with Crippen molar-refractivity contribution in [2.75, 3.05) is 6.61 Å². The molecule has 78 valence electrons. The van der Waals surface area contributed by atoms with Gasteiger partial charge in [0.05, 0.1) is 6.61 Å². The predicted octanol–water partition coefficient (Wildman–Crippen LogP) is 1.78. The third kappa shape index (κ3) is 3.28. The molecule has 0 aliphatic heterocycles. The second-order valence-corrected chi connectivity index (χ2v) is 4.75. The lowest BCUT2D eigenvalue weighted by Crippen LogP contribution is -2.44. The fraction of sp³-hybridized carbons (Fsp3) is 1.00. The highest BCUT2D eigenvalue weighted by Crippen LogP contribution is 2.28. The van der Waals surface area contributed by atoms with Gasteiger partial charge in [-0.05, 0) is 38.0 Å². The highest BCUT2D eigenvalue weighted by molar-refractivity contribution is 4.82. The summed E-state index contributed by atoms with van der Waals surface area (Å²) in [4.78, 5) is 0. The maximum atomic E-state index is 8.94. The largest absolute Gasteiger partial charge is 0.395 e. The van der Waals surface area contributed by atoms with E-state index in [1.807, 2.05) is 6.92 Å². The van der Waals surface area contributed by atoms with E-state index in [4.69, 9.17) is 5.11 Å². The van der Waals surface area contributed by atoms with Crippen LogP contribution < -0.4 is 5.32 Å². The quantitative estimate of drug-likeness (QED) is 0.702. The third-order valence-corrected chi connectivity index (χ3v) is 3.20. The van der Waals surface area contributed by atoms with E-state index in [-0.39, 0.29) is 12.6 Å². The maximum absolute atomic E-state index is 8.94. The van der Waals surface area contributed by atoms with Crippen molar-refractivity contribution in [3.05, 3.63) is 0 Å². The van der Waals surface area contributed by atoms with Gasteiger partial charge in [-0.2, -0.15) is 0 Å². The summed E-state index contributed by atoms with van der Waals surface area (Å²) in [6.45, 7) is 6.95. The first-order valence-corrected chi connectivity index (χ1v) is 5.50. The van der Waals surface area contributed by atoms with Gasteiger partial charge in [0.1, 0.15) is 0 Å². The van der Waals surface area contributed by atoms with Crippen LogP contribution in [-0.2, 0) is 0 Å². The molecule has 4 unspecified atom stereocenters. The molecule has 0 spiro atoms. The Kier molecular flexibility index (Phi) is 4.20. The van der Waals surface area contributed by atoms with Crippen molar-refractivity contribution in [3.63, 3.8) is 0 Å². The molecule has 0 saturated heterocycles. The van der Waals surface area contributed by atoms with Gasteiger partial charge in [0.2, 0.25) is 0 Å². The molecule has 0 aromatic rings. The summed E-state index contributed by atoms with van der Waals surface area (Å²) in [5.41, 5.74) is 0. The summed E-state index contributed by atoms with van der Waals surface area (Å²) in [7, 11) is 0. The summed E-state index contributed by atoms with van der Waals surface area (Å²) in [6.07, 6.45) is 3.93. The summed E-state index contributed by atoms with van der Waals surface area (Å²) >= 11 is 0. The molecule has 1 aliphatic carbocycles. The van der Waals surface area contributed by atoms with Gasteiger partial charge >= 0.3 is 0 Å². The van der Waals surface area contributed by atoms with E-state index in [0.717, 1.165) is 11.8 Å². The molecule has 2 heteroatoms. The topological polar surface area (TPSA) is 32.3 Å². The lowest BCUT2D eigenvalue weighted by atomic mass is 9.79. The Morgan fingerprint density at radius 2 is 2.08 bits per heavy atom. The van der Waals surface area contributed by atoms with E-state index in [2.05, 4.69) is 19.2 Å². The fourth-order valence-corrected chi connectivity index (χ4v) is 2.33. The van der Waals surface area contributed by atoms with Crippen molar-refractivity contribution in [2.45, 2.75) is 52.1 Å². The van der Waals surface area contributed by atoms with Crippen LogP contribution in [0.2, 0.25) is 0 Å². The van der Waals surface area contributed by atoms with Crippen molar-refractivity contribution in [2.24, 2.45) is 11.8 Å². The van der Waals surface area contributed by atoms with Gasteiger partial charge in [-0.1, -0.05) is 13.8 Å². The lowest BCUT2D eigenvalue weighted by molar-refractivity contribution is 0.183. The van der Waals surface area contributed by atoms with Gasteiger partial charge in [0.15, 0.2) is 0 Å². The van der Waals surface area contributed by atoms with Gasteiger partial charge in [-0.3, -0.25) is 0 Å². The van der Waals surface area contributed by atoms with E-state index in [1.165, 1.54) is 19.3 Å². The zero-order valence-corrected chi connectivity index (χ0v) is 9.09. The molecule has 13 heavy (non-hydrogen) atoms. The first-order valence-electron chi connectivity index (χ1n) is 5.50. The number of aliphatic hydroxyl groups is 1. The smallest absolute Gasteiger partial charge is 0.0582 e. The molecular weight excluding hydrogens is 162 g/mol. The zero-order valence-electron chi connectivity index (χ0n) is 9.09. The molecule has 0 bridgehead atoms. The van der Waals surface area contributed by atoms with E-state index in [1.54, 1.807) is 0 Å². The molecule has 1 rings (SSSR count). The lowest BCUT2D eigenvalue weighted by Gasteiger charge is -2.34. The molecule has 0 aromatic heterocycles. The van der Waals surface area contributed by atoms with Crippen LogP contribution in [-0.4, -0.2) is 23.8 Å². The first-order chi connectivity index (χ1) is 6.13. The molecule has 1 fully saturated rings. The summed E-state index contributed by atoms with van der Waals surface area (Å²) < 4.78 is 0. The van der Waals surface area contributed by atoms with Crippen LogP contribution in [0.25, 0.3) is 0 Å². The minimum atomic E-state index is 0.249. The predicted molar refractivity (Wildman–Crippen MR) is 55.7 cm³/mol. The standard InChI is InChI=1S/C11H23NO/c1-8-4-5-11(9(2)6-8)12-10(3)7-13/h8-13H,4-7H2,1-3H3. The molecule has 2 N–H and O–H groups in total. The number of hydrogen-bond acceptors (Lipinski definition) is 2. The van der Waals surface area contributed by atoms with Gasteiger partial charge in [0.25, 0.3) is 0 Å². The number of hydrogen-bond donors (Lipinski definition) is 2. The van der Waals surface area contributed by atoms with Crippen molar-refractivity contribution >= 4 is 0 Å². The normalized spacial score (nSPS) is 37.4. The highest BCUT2D eigenvalue weighted by atomic mass is 16.3. The van der Waals surface area contributed by atoms with E-state index < -0.39 is 0 Å². The average molecular weight is 185 g/mol. The highest BCUT2D eigenvalue weighted by Gasteiger charge is 2.25. The summed E-state index contributed by atoms with van der Waals surface area (Å²) in [5.74, 6) is 1.65. The SMILES string of the molecule is CC1CCC(NC(C)CO)C(C)C1. The Morgan fingerprint density at radius 3 is 2.62 bits per heavy atom. The van der Waals surface area contributed by atoms with Crippen LogP contribution in [0.5, 0.6) is 0 Å². The molecular formula is C11H23NO. The number of rotatable bonds is 3. The van der Waals surface area contributed by atoms with E-state index >= 15 is 0 Å². The van der Waals surface area contributed by atoms with Crippen molar-refractivity contribution in [3.8, 4) is 0 Å². The van der Waals surface area contributed by atoms with Gasteiger partial charge in [-0.15, -0.1) is 0 Å². The second kappa shape index (κ2) is 4.97. The first kappa shape index (κ1) is 11.0. The van der Waals surface area contributed by atoms with Crippen LogP contribution in [0.1, 0.15) is 40.0 Å². The fourth-order valence-electron chi connectivity index (χ4n) is 2.33. The monoisotopic (exact) mass is 185 g/mol. The number of nitrogens with one attached hydrogen (secondary N) is 1. The van der Waals surface area contributed by atoms with Crippen LogP contribution in [0.15, 0.2) is 0 Å². The molecule has 1 aliphatic rings. The molecule has 0 heterocycles. The Balaban J connectivity index is 2.33. The Morgan fingerprint density at radius 1 is 1.38 bits per heavy atom. The molecule has 1 saturated carbocycles. The van der Waals surface area contributed by atoms with Crippen LogP contribution in [0, 0.1) is 11.8 Å². The van der Waals surface area contributed by atoms with E-state index in [9.17, 15) is 0 Å². The van der Waals surface area contributed by atoms with E-state index in [0.29, 0.717) is 6.04 Å². The summed E-state index contributed by atoms with van der Waals surface area (Å²) in [6, 6.07) is 0.874.